The fourth-order valence-electron chi connectivity index (χ4n) is 1.50. The maximum Gasteiger partial charge on any atom is 0.144 e. The zero-order valence-electron chi connectivity index (χ0n) is 10.3. The molecule has 1 aromatic heterocycles. The molecule has 0 aliphatic rings. The van der Waals surface area contributed by atoms with Crippen LogP contribution < -0.4 is 5.32 Å². The summed E-state index contributed by atoms with van der Waals surface area (Å²) in [5.41, 5.74) is 2.55. The zero-order valence-corrected chi connectivity index (χ0v) is 10.3. The van der Waals surface area contributed by atoms with Crippen molar-refractivity contribution in [2.24, 2.45) is 0 Å². The average Bonchev–Trinajstić information content (AvgIpc) is 2.16. The van der Waals surface area contributed by atoms with E-state index in [0.717, 1.165) is 24.3 Å². The molecular weight excluding hydrogens is 200 g/mol. The van der Waals surface area contributed by atoms with Crippen molar-refractivity contribution in [2.75, 3.05) is 32.5 Å². The molecular formula is C12H18N4. The molecule has 1 N–H and O–H groups in total. The molecule has 0 atom stereocenters. The van der Waals surface area contributed by atoms with E-state index in [1.54, 1.807) is 0 Å². The Kier molecular flexibility index (Phi) is 4.27. The maximum atomic E-state index is 9.06. The van der Waals surface area contributed by atoms with E-state index in [1.807, 2.05) is 34.0 Å². The first-order valence-corrected chi connectivity index (χ1v) is 5.31. The highest BCUT2D eigenvalue weighted by Crippen LogP contribution is 2.16. The molecule has 86 valence electrons. The van der Waals surface area contributed by atoms with Crippen molar-refractivity contribution >= 4 is 5.82 Å². The lowest BCUT2D eigenvalue weighted by Gasteiger charge is -2.13. The summed E-state index contributed by atoms with van der Waals surface area (Å²) in [5.74, 6) is 0.696. The average molecular weight is 218 g/mol. The fourth-order valence-corrected chi connectivity index (χ4v) is 1.50. The molecule has 4 nitrogen and oxygen atoms in total. The van der Waals surface area contributed by atoms with E-state index >= 15 is 0 Å². The van der Waals surface area contributed by atoms with Gasteiger partial charge in [0.25, 0.3) is 0 Å². The van der Waals surface area contributed by atoms with E-state index in [1.165, 1.54) is 0 Å². The van der Waals surface area contributed by atoms with E-state index < -0.39 is 0 Å². The van der Waals surface area contributed by atoms with Gasteiger partial charge in [-0.1, -0.05) is 0 Å². The van der Waals surface area contributed by atoms with Gasteiger partial charge in [0.1, 0.15) is 11.9 Å². The Morgan fingerprint density at radius 2 is 2.12 bits per heavy atom. The van der Waals surface area contributed by atoms with Gasteiger partial charge >= 0.3 is 0 Å². The van der Waals surface area contributed by atoms with Crippen molar-refractivity contribution < 1.29 is 0 Å². The third-order valence-corrected chi connectivity index (χ3v) is 2.31. The first kappa shape index (κ1) is 12.5. The predicted molar refractivity (Wildman–Crippen MR) is 65.5 cm³/mol. The summed E-state index contributed by atoms with van der Waals surface area (Å²) in [4.78, 5) is 6.43. The van der Waals surface area contributed by atoms with Gasteiger partial charge in [-0.2, -0.15) is 5.26 Å². The van der Waals surface area contributed by atoms with Crippen LogP contribution in [0.15, 0.2) is 6.07 Å². The number of aryl methyl sites for hydroxylation is 2. The van der Waals surface area contributed by atoms with Crippen LogP contribution >= 0.6 is 0 Å². The first-order valence-electron chi connectivity index (χ1n) is 5.31. The second kappa shape index (κ2) is 5.47. The smallest absolute Gasteiger partial charge is 0.144 e. The lowest BCUT2D eigenvalue weighted by atomic mass is 10.1. The Balaban J connectivity index is 2.82. The van der Waals surface area contributed by atoms with Crippen LogP contribution in [0.2, 0.25) is 0 Å². The number of likely N-dealkylation sites (N-methyl/N-ethyl adjacent to an activating group) is 1. The molecule has 0 bridgehead atoms. The van der Waals surface area contributed by atoms with Crippen LogP contribution in [0, 0.1) is 25.2 Å². The molecule has 0 aromatic carbocycles. The van der Waals surface area contributed by atoms with Crippen LogP contribution in [0.1, 0.15) is 16.8 Å². The standard InChI is InChI=1S/C12H18N4/c1-9-7-10(2)15-12(11(9)8-13)14-5-6-16(3)4/h7H,5-6H2,1-4H3,(H,14,15). The van der Waals surface area contributed by atoms with Crippen molar-refractivity contribution in [3.63, 3.8) is 0 Å². The summed E-state index contributed by atoms with van der Waals surface area (Å²) >= 11 is 0. The molecule has 0 aliphatic carbocycles. The van der Waals surface area contributed by atoms with E-state index in [4.69, 9.17) is 5.26 Å². The van der Waals surface area contributed by atoms with Crippen LogP contribution in [0.4, 0.5) is 5.82 Å². The van der Waals surface area contributed by atoms with Gasteiger partial charge in [0.05, 0.1) is 5.56 Å². The van der Waals surface area contributed by atoms with E-state index in [0.29, 0.717) is 11.4 Å². The number of pyridine rings is 1. The van der Waals surface area contributed by atoms with Crippen molar-refractivity contribution in [1.29, 1.82) is 5.26 Å². The van der Waals surface area contributed by atoms with Gasteiger partial charge in [-0.25, -0.2) is 4.98 Å². The minimum atomic E-state index is 0.643. The summed E-state index contributed by atoms with van der Waals surface area (Å²) in [6.07, 6.45) is 0. The molecule has 0 spiro atoms. The molecule has 16 heavy (non-hydrogen) atoms. The van der Waals surface area contributed by atoms with Crippen LogP contribution in [-0.4, -0.2) is 37.1 Å². The molecule has 1 heterocycles. The molecule has 0 unspecified atom stereocenters. The highest BCUT2D eigenvalue weighted by molar-refractivity contribution is 5.56. The van der Waals surface area contributed by atoms with Gasteiger partial charge in [0, 0.05) is 18.8 Å². The Hall–Kier alpha value is -1.60. The third-order valence-electron chi connectivity index (χ3n) is 2.31. The number of nitriles is 1. The van der Waals surface area contributed by atoms with Crippen molar-refractivity contribution in [1.82, 2.24) is 9.88 Å². The summed E-state index contributed by atoms with van der Waals surface area (Å²) in [6, 6.07) is 4.12. The fraction of sp³-hybridized carbons (Fsp3) is 0.500. The number of nitrogens with one attached hydrogen (secondary N) is 1. The normalized spacial score (nSPS) is 10.2. The topological polar surface area (TPSA) is 52.0 Å². The van der Waals surface area contributed by atoms with Crippen molar-refractivity contribution in [3.05, 3.63) is 22.9 Å². The summed E-state index contributed by atoms with van der Waals surface area (Å²) < 4.78 is 0. The van der Waals surface area contributed by atoms with E-state index in [9.17, 15) is 0 Å². The third kappa shape index (κ3) is 3.21. The Morgan fingerprint density at radius 3 is 2.69 bits per heavy atom. The van der Waals surface area contributed by atoms with Crippen LogP contribution in [0.5, 0.6) is 0 Å². The monoisotopic (exact) mass is 218 g/mol. The first-order chi connectivity index (χ1) is 7.54. The zero-order chi connectivity index (χ0) is 12.1. The van der Waals surface area contributed by atoms with Gasteiger partial charge < -0.3 is 10.2 Å². The highest BCUT2D eigenvalue weighted by atomic mass is 15.1. The molecule has 0 radical (unpaired) electrons. The Labute approximate surface area is 96.9 Å². The Morgan fingerprint density at radius 1 is 1.44 bits per heavy atom. The number of hydrogen-bond acceptors (Lipinski definition) is 4. The second-order valence-corrected chi connectivity index (χ2v) is 4.15. The number of anilines is 1. The van der Waals surface area contributed by atoms with Crippen molar-refractivity contribution in [3.8, 4) is 6.07 Å². The maximum absolute atomic E-state index is 9.06. The molecule has 1 rings (SSSR count). The van der Waals surface area contributed by atoms with Crippen LogP contribution in [0.3, 0.4) is 0 Å². The van der Waals surface area contributed by atoms with Crippen LogP contribution in [-0.2, 0) is 0 Å². The Bertz CT molecular complexity index is 404. The van der Waals surface area contributed by atoms with Gasteiger partial charge in [-0.15, -0.1) is 0 Å². The number of hydrogen-bond donors (Lipinski definition) is 1. The highest BCUT2D eigenvalue weighted by Gasteiger charge is 2.07. The molecule has 4 heteroatoms. The predicted octanol–water partition coefficient (Wildman–Crippen LogP) is 1.54. The van der Waals surface area contributed by atoms with Gasteiger partial charge in [0.15, 0.2) is 0 Å². The number of aromatic nitrogens is 1. The lowest BCUT2D eigenvalue weighted by Crippen LogP contribution is -2.21. The van der Waals surface area contributed by atoms with Gasteiger partial charge in [-0.3, -0.25) is 0 Å². The molecule has 0 saturated heterocycles. The molecule has 0 amide bonds. The lowest BCUT2D eigenvalue weighted by molar-refractivity contribution is 0.425. The van der Waals surface area contributed by atoms with E-state index in [2.05, 4.69) is 21.3 Å². The summed E-state index contributed by atoms with van der Waals surface area (Å²) in [6.45, 7) is 5.58. The molecule has 0 saturated carbocycles. The summed E-state index contributed by atoms with van der Waals surface area (Å²) in [7, 11) is 4.03. The van der Waals surface area contributed by atoms with Gasteiger partial charge in [0.2, 0.25) is 0 Å². The minimum absolute atomic E-state index is 0.643. The second-order valence-electron chi connectivity index (χ2n) is 4.15. The van der Waals surface area contributed by atoms with Crippen LogP contribution in [0.25, 0.3) is 0 Å². The van der Waals surface area contributed by atoms with Gasteiger partial charge in [-0.05, 0) is 39.6 Å². The minimum Gasteiger partial charge on any atom is -0.368 e. The molecule has 0 aliphatic heterocycles. The molecule has 1 aromatic rings. The van der Waals surface area contributed by atoms with E-state index in [-0.39, 0.29) is 0 Å². The number of rotatable bonds is 4. The summed E-state index contributed by atoms with van der Waals surface area (Å²) in [5, 5.41) is 12.3. The van der Waals surface area contributed by atoms with Crippen molar-refractivity contribution in [2.45, 2.75) is 13.8 Å². The molecule has 0 fully saturated rings. The quantitative estimate of drug-likeness (QED) is 0.833. The number of nitrogens with zero attached hydrogens (tertiary/aromatic N) is 3. The SMILES string of the molecule is Cc1cc(C)c(C#N)c(NCCN(C)C)n1. The largest absolute Gasteiger partial charge is 0.368 e.